The number of rotatable bonds is 3. The van der Waals surface area contributed by atoms with Crippen molar-refractivity contribution in [3.8, 4) is 5.75 Å². The molecule has 0 radical (unpaired) electrons. The molecule has 4 nitrogen and oxygen atoms in total. The fraction of sp³-hybridized carbons (Fsp3) is 0.682. The van der Waals surface area contributed by atoms with E-state index in [0.29, 0.717) is 29.7 Å². The molecular weight excluding hydrogens is 328 g/mol. The van der Waals surface area contributed by atoms with Gasteiger partial charge in [0.15, 0.2) is 0 Å². The van der Waals surface area contributed by atoms with Gasteiger partial charge >= 0.3 is 5.97 Å². The van der Waals surface area contributed by atoms with Gasteiger partial charge in [0.1, 0.15) is 5.75 Å². The van der Waals surface area contributed by atoms with Crippen molar-refractivity contribution in [2.24, 2.45) is 17.3 Å². The lowest BCUT2D eigenvalue weighted by Crippen LogP contribution is -2.44. The predicted molar refractivity (Wildman–Crippen MR) is 99.4 cm³/mol. The molecule has 5 unspecified atom stereocenters. The van der Waals surface area contributed by atoms with E-state index in [2.05, 4.69) is 6.92 Å². The van der Waals surface area contributed by atoms with E-state index in [9.17, 15) is 20.1 Å². The summed E-state index contributed by atoms with van der Waals surface area (Å²) < 4.78 is 0. The van der Waals surface area contributed by atoms with Crippen LogP contribution < -0.4 is 0 Å². The molecule has 0 heterocycles. The number of carboxylic acid groups (broad SMARTS) is 1. The fourth-order valence-corrected chi connectivity index (χ4v) is 6.41. The number of carboxylic acids is 1. The van der Waals surface area contributed by atoms with E-state index in [0.717, 1.165) is 38.5 Å². The molecule has 0 saturated heterocycles. The van der Waals surface area contributed by atoms with Crippen molar-refractivity contribution in [1.82, 2.24) is 0 Å². The number of phenols is 1. The van der Waals surface area contributed by atoms with Gasteiger partial charge in [0.25, 0.3) is 0 Å². The molecule has 0 aromatic heterocycles. The Balaban J connectivity index is 1.73. The van der Waals surface area contributed by atoms with Gasteiger partial charge < -0.3 is 15.3 Å². The van der Waals surface area contributed by atoms with Gasteiger partial charge in [-0.05, 0) is 85.3 Å². The number of aryl methyl sites for hydroxylation is 1. The first-order chi connectivity index (χ1) is 12.4. The Bertz CT molecular complexity index is 727. The molecule has 1 aromatic rings. The molecule has 3 aliphatic rings. The number of aliphatic carboxylic acids is 1. The average molecular weight is 358 g/mol. The van der Waals surface area contributed by atoms with E-state index in [1.165, 1.54) is 11.1 Å². The van der Waals surface area contributed by atoms with Crippen LogP contribution in [0, 0.1) is 17.3 Å². The summed E-state index contributed by atoms with van der Waals surface area (Å²) in [7, 11) is 0. The van der Waals surface area contributed by atoms with Crippen molar-refractivity contribution in [2.75, 3.05) is 0 Å². The maximum Gasteiger partial charge on any atom is 0.311 e. The number of fused-ring (bicyclic) bond motifs is 5. The van der Waals surface area contributed by atoms with Gasteiger partial charge in [0.05, 0.1) is 12.0 Å². The Morgan fingerprint density at radius 3 is 2.73 bits per heavy atom. The highest BCUT2D eigenvalue weighted by Gasteiger charge is 2.54. The van der Waals surface area contributed by atoms with Crippen LogP contribution in [-0.4, -0.2) is 27.4 Å². The molecule has 26 heavy (non-hydrogen) atoms. The summed E-state index contributed by atoms with van der Waals surface area (Å²) in [5.41, 5.74) is 3.07. The zero-order valence-corrected chi connectivity index (χ0v) is 15.7. The zero-order valence-electron chi connectivity index (χ0n) is 15.7. The number of carbonyl (C=O) groups is 1. The quantitative estimate of drug-likeness (QED) is 0.757. The predicted octanol–water partition coefficient (Wildman–Crippen LogP) is 4.19. The summed E-state index contributed by atoms with van der Waals surface area (Å²) in [5, 5.41) is 30.5. The fourth-order valence-electron chi connectivity index (χ4n) is 6.41. The first kappa shape index (κ1) is 17.8. The molecule has 1 aromatic carbocycles. The van der Waals surface area contributed by atoms with Crippen LogP contribution in [0.5, 0.6) is 5.75 Å². The van der Waals surface area contributed by atoms with Gasteiger partial charge in [0, 0.05) is 5.56 Å². The van der Waals surface area contributed by atoms with Crippen LogP contribution in [0.3, 0.4) is 0 Å². The summed E-state index contributed by atoms with van der Waals surface area (Å²) in [6, 6.07) is 3.82. The summed E-state index contributed by atoms with van der Waals surface area (Å²) in [4.78, 5) is 11.6. The maximum atomic E-state index is 11.6. The Labute approximate surface area is 155 Å². The first-order valence-corrected chi connectivity index (χ1v) is 10.1. The lowest BCUT2D eigenvalue weighted by atomic mass is 9.55. The van der Waals surface area contributed by atoms with Crippen LogP contribution in [0.1, 0.15) is 80.9 Å². The monoisotopic (exact) mass is 358 g/mol. The number of aliphatic hydroxyl groups is 1. The van der Waals surface area contributed by atoms with Crippen molar-refractivity contribution in [1.29, 1.82) is 0 Å². The first-order valence-electron chi connectivity index (χ1n) is 10.1. The third kappa shape index (κ3) is 2.49. The average Bonchev–Trinajstić information content (AvgIpc) is 2.91. The second-order valence-electron chi connectivity index (χ2n) is 8.96. The molecule has 0 bridgehead atoms. The highest BCUT2D eigenvalue weighted by Crippen LogP contribution is 2.61. The number of aliphatic hydroxyl groups excluding tert-OH is 1. The third-order valence-corrected chi connectivity index (χ3v) is 7.90. The van der Waals surface area contributed by atoms with Gasteiger partial charge in [-0.1, -0.05) is 19.9 Å². The molecule has 3 aliphatic carbocycles. The normalized spacial score (nSPS) is 36.7. The van der Waals surface area contributed by atoms with Crippen molar-refractivity contribution >= 4 is 5.97 Å². The molecule has 0 aliphatic heterocycles. The van der Waals surface area contributed by atoms with E-state index >= 15 is 0 Å². The van der Waals surface area contributed by atoms with Gasteiger partial charge in [-0.25, -0.2) is 0 Å². The van der Waals surface area contributed by atoms with Gasteiger partial charge in [-0.15, -0.1) is 0 Å². The molecular formula is C22H30O4. The molecule has 0 spiro atoms. The van der Waals surface area contributed by atoms with E-state index in [-0.39, 0.29) is 17.3 Å². The van der Waals surface area contributed by atoms with Crippen LogP contribution in [0.15, 0.2) is 12.1 Å². The number of aromatic hydroxyl groups is 1. The second kappa shape index (κ2) is 6.26. The maximum absolute atomic E-state index is 11.6. The van der Waals surface area contributed by atoms with Crippen molar-refractivity contribution < 1.29 is 20.1 Å². The minimum absolute atomic E-state index is 0.0471. The van der Waals surface area contributed by atoms with Gasteiger partial charge in [-0.3, -0.25) is 4.79 Å². The Morgan fingerprint density at radius 1 is 1.27 bits per heavy atom. The van der Waals surface area contributed by atoms with E-state index in [1.54, 1.807) is 0 Å². The van der Waals surface area contributed by atoms with Crippen molar-refractivity contribution in [3.05, 3.63) is 28.8 Å². The molecule has 4 heteroatoms. The Morgan fingerprint density at radius 2 is 2.04 bits per heavy atom. The molecule has 2 fully saturated rings. The smallest absolute Gasteiger partial charge is 0.311 e. The zero-order chi connectivity index (χ0) is 18.6. The number of hydrogen-bond donors (Lipinski definition) is 3. The second-order valence-corrected chi connectivity index (χ2v) is 8.96. The topological polar surface area (TPSA) is 77.8 Å². The standard InChI is InChI=1S/C22H30O4/c1-3-13(21(25)26)17-11-16-12(10-19(17)23)4-5-15-14(16)8-9-22(2)18(15)6-7-20(22)24/h10-11,13-15,18,20,23-24H,3-9H2,1-2H3,(H,25,26)/t13?,14?,15?,18?,20?,22-/m0/s1. The summed E-state index contributed by atoms with van der Waals surface area (Å²) in [6.07, 6.45) is 6.45. The minimum Gasteiger partial charge on any atom is -0.508 e. The lowest BCUT2D eigenvalue weighted by molar-refractivity contribution is -0.138. The molecule has 2 saturated carbocycles. The van der Waals surface area contributed by atoms with Crippen LogP contribution in [0.2, 0.25) is 0 Å². The highest BCUT2D eigenvalue weighted by atomic mass is 16.4. The van der Waals surface area contributed by atoms with Crippen LogP contribution in [-0.2, 0) is 11.2 Å². The minimum atomic E-state index is -0.870. The van der Waals surface area contributed by atoms with Crippen LogP contribution >= 0.6 is 0 Å². The lowest BCUT2D eigenvalue weighted by Gasteiger charge is -2.50. The molecule has 4 rings (SSSR count). The summed E-state index contributed by atoms with van der Waals surface area (Å²) in [5.74, 6) is 0.179. The Hall–Kier alpha value is -1.55. The molecule has 6 atom stereocenters. The van der Waals surface area contributed by atoms with Crippen molar-refractivity contribution in [2.45, 2.75) is 76.7 Å². The van der Waals surface area contributed by atoms with Crippen LogP contribution in [0.25, 0.3) is 0 Å². The summed E-state index contributed by atoms with van der Waals surface area (Å²) in [6.45, 7) is 4.12. The van der Waals surface area contributed by atoms with Gasteiger partial charge in [0.2, 0.25) is 0 Å². The van der Waals surface area contributed by atoms with Gasteiger partial charge in [-0.2, -0.15) is 0 Å². The highest BCUT2D eigenvalue weighted by molar-refractivity contribution is 5.77. The number of hydrogen-bond acceptors (Lipinski definition) is 3. The number of benzene rings is 1. The SMILES string of the molecule is CCC(C(=O)O)c1cc2c(cc1O)CCC1C2CC[C@]2(C)C(O)CCC12. The molecule has 0 amide bonds. The van der Waals surface area contributed by atoms with Crippen LogP contribution in [0.4, 0.5) is 0 Å². The number of phenolic OH excluding ortho intramolecular Hbond substituents is 1. The van der Waals surface area contributed by atoms with Crippen molar-refractivity contribution in [3.63, 3.8) is 0 Å². The molecule has 3 N–H and O–H groups in total. The Kier molecular flexibility index (Phi) is 4.30. The van der Waals surface area contributed by atoms with E-state index in [4.69, 9.17) is 0 Å². The third-order valence-electron chi connectivity index (χ3n) is 7.90. The summed E-state index contributed by atoms with van der Waals surface area (Å²) >= 11 is 0. The van der Waals surface area contributed by atoms with E-state index < -0.39 is 11.9 Å². The largest absolute Gasteiger partial charge is 0.508 e. The molecule has 142 valence electrons. The van der Waals surface area contributed by atoms with E-state index in [1.807, 2.05) is 19.1 Å².